The zero-order valence-electron chi connectivity index (χ0n) is 16.4. The highest BCUT2D eigenvalue weighted by Gasteiger charge is 2.35. The first-order valence-corrected chi connectivity index (χ1v) is 9.93. The SMILES string of the molecule is CCn1c(SCC(=O)NN=Cc2ccccc2F)nnc1-c1cc(C(F)(F)F)n(C)n1. The average Bonchev–Trinajstić information content (AvgIpc) is 3.30. The van der Waals surface area contributed by atoms with Crippen LogP contribution in [0.1, 0.15) is 18.2 Å². The number of nitrogens with zero attached hydrogens (tertiary/aromatic N) is 6. The standard InChI is InChI=1S/C18H17F4N7OS/c1-3-29-16(13-8-14(18(20,21)22)28(2)27-13)25-26-17(29)31-10-15(30)24-23-9-11-6-4-5-7-12(11)19/h4-9H,3,10H2,1-2H3,(H,24,30). The number of hydrogen-bond acceptors (Lipinski definition) is 6. The lowest BCUT2D eigenvalue weighted by Gasteiger charge is -2.05. The minimum atomic E-state index is -4.55. The monoisotopic (exact) mass is 455 g/mol. The fourth-order valence-corrected chi connectivity index (χ4v) is 3.42. The van der Waals surface area contributed by atoms with E-state index >= 15 is 0 Å². The molecule has 8 nitrogen and oxygen atoms in total. The number of hydrazone groups is 1. The molecule has 13 heteroatoms. The van der Waals surface area contributed by atoms with Gasteiger partial charge in [0.2, 0.25) is 0 Å². The van der Waals surface area contributed by atoms with Crippen LogP contribution in [-0.2, 0) is 24.6 Å². The van der Waals surface area contributed by atoms with Crippen LogP contribution in [0.15, 0.2) is 40.6 Å². The summed E-state index contributed by atoms with van der Waals surface area (Å²) in [7, 11) is 1.20. The maximum Gasteiger partial charge on any atom is 0.433 e. The molecule has 1 amide bonds. The molecule has 0 radical (unpaired) electrons. The van der Waals surface area contributed by atoms with Crippen molar-refractivity contribution in [3.8, 4) is 11.5 Å². The van der Waals surface area contributed by atoms with E-state index in [-0.39, 0.29) is 22.8 Å². The topological polar surface area (TPSA) is 90.0 Å². The Bertz CT molecular complexity index is 1110. The zero-order chi connectivity index (χ0) is 22.6. The molecule has 0 bridgehead atoms. The largest absolute Gasteiger partial charge is 0.433 e. The highest BCUT2D eigenvalue weighted by molar-refractivity contribution is 7.99. The summed E-state index contributed by atoms with van der Waals surface area (Å²) in [5, 5.41) is 15.8. The summed E-state index contributed by atoms with van der Waals surface area (Å²) < 4.78 is 54.9. The number of carbonyl (C=O) groups is 1. The number of alkyl halides is 3. The molecule has 0 fully saturated rings. The van der Waals surface area contributed by atoms with Crippen molar-refractivity contribution in [3.05, 3.63) is 47.4 Å². The normalized spacial score (nSPS) is 11.9. The number of halogens is 4. The molecule has 0 unspecified atom stereocenters. The van der Waals surface area contributed by atoms with Crippen molar-refractivity contribution in [3.63, 3.8) is 0 Å². The van der Waals surface area contributed by atoms with Gasteiger partial charge in [0, 0.05) is 19.2 Å². The van der Waals surface area contributed by atoms with E-state index in [9.17, 15) is 22.4 Å². The summed E-state index contributed by atoms with van der Waals surface area (Å²) in [6.07, 6.45) is -3.36. The molecule has 31 heavy (non-hydrogen) atoms. The second kappa shape index (κ2) is 9.29. The van der Waals surface area contributed by atoms with Crippen LogP contribution in [0.5, 0.6) is 0 Å². The molecular weight excluding hydrogens is 438 g/mol. The van der Waals surface area contributed by atoms with Gasteiger partial charge in [-0.15, -0.1) is 10.2 Å². The Morgan fingerprint density at radius 2 is 2.03 bits per heavy atom. The third kappa shape index (κ3) is 5.29. The fourth-order valence-electron chi connectivity index (χ4n) is 2.63. The molecule has 2 aromatic heterocycles. The quantitative estimate of drug-likeness (QED) is 0.256. The lowest BCUT2D eigenvalue weighted by Crippen LogP contribution is -2.20. The van der Waals surface area contributed by atoms with Crippen LogP contribution in [0.3, 0.4) is 0 Å². The van der Waals surface area contributed by atoms with Gasteiger partial charge in [-0.05, 0) is 19.1 Å². The predicted molar refractivity (Wildman–Crippen MR) is 106 cm³/mol. The van der Waals surface area contributed by atoms with Crippen LogP contribution < -0.4 is 5.43 Å². The minimum absolute atomic E-state index is 0.0231. The van der Waals surface area contributed by atoms with Crippen LogP contribution in [0.2, 0.25) is 0 Å². The summed E-state index contributed by atoms with van der Waals surface area (Å²) in [6.45, 7) is 2.12. The Morgan fingerprint density at radius 3 is 2.68 bits per heavy atom. The van der Waals surface area contributed by atoms with E-state index in [2.05, 4.69) is 25.8 Å². The highest BCUT2D eigenvalue weighted by Crippen LogP contribution is 2.32. The van der Waals surface area contributed by atoms with Crippen molar-refractivity contribution in [2.24, 2.45) is 12.1 Å². The van der Waals surface area contributed by atoms with Gasteiger partial charge < -0.3 is 4.57 Å². The van der Waals surface area contributed by atoms with Gasteiger partial charge in [0.1, 0.15) is 17.2 Å². The maximum atomic E-state index is 13.5. The number of hydrogen-bond donors (Lipinski definition) is 1. The number of aryl methyl sites for hydroxylation is 1. The number of amides is 1. The molecule has 3 rings (SSSR count). The van der Waals surface area contributed by atoms with Gasteiger partial charge in [-0.2, -0.15) is 23.4 Å². The smallest absolute Gasteiger partial charge is 0.301 e. The molecule has 0 aliphatic heterocycles. The van der Waals surface area contributed by atoms with E-state index < -0.39 is 23.6 Å². The van der Waals surface area contributed by atoms with Crippen molar-refractivity contribution in [2.75, 3.05) is 5.75 Å². The van der Waals surface area contributed by atoms with Gasteiger partial charge in [0.05, 0.1) is 12.0 Å². The Kier molecular flexibility index (Phi) is 6.73. The van der Waals surface area contributed by atoms with Crippen LogP contribution in [0.4, 0.5) is 17.6 Å². The second-order valence-electron chi connectivity index (χ2n) is 6.19. The molecule has 164 valence electrons. The number of nitrogens with one attached hydrogen (secondary N) is 1. The summed E-state index contributed by atoms with van der Waals surface area (Å²) in [4.78, 5) is 12.0. The van der Waals surface area contributed by atoms with Crippen molar-refractivity contribution >= 4 is 23.9 Å². The summed E-state index contributed by atoms with van der Waals surface area (Å²) >= 11 is 1.03. The molecule has 1 aromatic carbocycles. The van der Waals surface area contributed by atoms with Crippen molar-refractivity contribution in [2.45, 2.75) is 24.8 Å². The number of benzene rings is 1. The van der Waals surface area contributed by atoms with E-state index in [1.807, 2.05) is 0 Å². The lowest BCUT2D eigenvalue weighted by atomic mass is 10.2. The Balaban J connectivity index is 1.66. The Labute approximate surface area is 178 Å². The second-order valence-corrected chi connectivity index (χ2v) is 7.13. The predicted octanol–water partition coefficient (Wildman–Crippen LogP) is 3.10. The molecule has 0 saturated carbocycles. The van der Waals surface area contributed by atoms with E-state index in [1.165, 1.54) is 31.5 Å². The number of thioether (sulfide) groups is 1. The molecule has 2 heterocycles. The first-order valence-electron chi connectivity index (χ1n) is 8.94. The highest BCUT2D eigenvalue weighted by atomic mass is 32.2. The first-order chi connectivity index (χ1) is 14.7. The van der Waals surface area contributed by atoms with Crippen LogP contribution >= 0.6 is 11.8 Å². The summed E-state index contributed by atoms with van der Waals surface area (Å²) in [5.41, 5.74) is 1.61. The summed E-state index contributed by atoms with van der Waals surface area (Å²) in [5.74, 6) is -0.860. The van der Waals surface area contributed by atoms with Crippen LogP contribution in [-0.4, -0.2) is 42.4 Å². The molecule has 0 aliphatic carbocycles. The van der Waals surface area contributed by atoms with Gasteiger partial charge in [-0.25, -0.2) is 9.82 Å². The number of carbonyl (C=O) groups excluding carboxylic acids is 1. The molecule has 0 saturated heterocycles. The van der Waals surface area contributed by atoms with Crippen LogP contribution in [0, 0.1) is 5.82 Å². The average molecular weight is 455 g/mol. The Hall–Kier alpha value is -3.22. The van der Waals surface area contributed by atoms with Gasteiger partial charge in [0.15, 0.2) is 11.0 Å². The lowest BCUT2D eigenvalue weighted by molar-refractivity contribution is -0.143. The number of aromatic nitrogens is 5. The molecule has 0 atom stereocenters. The maximum absolute atomic E-state index is 13.5. The van der Waals surface area contributed by atoms with Crippen LogP contribution in [0.25, 0.3) is 11.5 Å². The fraction of sp³-hybridized carbons (Fsp3) is 0.278. The Morgan fingerprint density at radius 1 is 1.29 bits per heavy atom. The molecule has 3 aromatic rings. The third-order valence-corrected chi connectivity index (χ3v) is 5.03. The first kappa shape index (κ1) is 22.5. The zero-order valence-corrected chi connectivity index (χ0v) is 17.2. The number of rotatable bonds is 7. The molecule has 0 aliphatic rings. The van der Waals surface area contributed by atoms with E-state index in [4.69, 9.17) is 0 Å². The van der Waals surface area contributed by atoms with E-state index in [1.54, 1.807) is 17.6 Å². The molecule has 0 spiro atoms. The van der Waals surface area contributed by atoms with Crippen molar-refractivity contribution in [1.82, 2.24) is 30.0 Å². The van der Waals surface area contributed by atoms with Crippen molar-refractivity contribution in [1.29, 1.82) is 0 Å². The van der Waals surface area contributed by atoms with Gasteiger partial charge >= 0.3 is 6.18 Å². The van der Waals surface area contributed by atoms with Gasteiger partial charge in [-0.1, -0.05) is 30.0 Å². The van der Waals surface area contributed by atoms with Crippen molar-refractivity contribution < 1.29 is 22.4 Å². The molecular formula is C18H17F4N7OS. The van der Waals surface area contributed by atoms with Gasteiger partial charge in [-0.3, -0.25) is 9.48 Å². The third-order valence-electron chi connectivity index (χ3n) is 4.06. The molecule has 1 N–H and O–H groups in total. The van der Waals surface area contributed by atoms with Gasteiger partial charge in [0.25, 0.3) is 5.91 Å². The minimum Gasteiger partial charge on any atom is -0.301 e. The summed E-state index contributed by atoms with van der Waals surface area (Å²) in [6, 6.07) is 6.85. The van der Waals surface area contributed by atoms with E-state index in [0.29, 0.717) is 11.7 Å². The van der Waals surface area contributed by atoms with E-state index in [0.717, 1.165) is 22.5 Å².